The molecular formula is C14H11F3N2O2. The third-order valence-electron chi connectivity index (χ3n) is 2.81. The van der Waals surface area contributed by atoms with Gasteiger partial charge in [-0.1, -0.05) is 18.2 Å². The number of hydrogen-bond donors (Lipinski definition) is 0. The highest BCUT2D eigenvalue weighted by molar-refractivity contribution is 5.89. The number of alkyl halides is 3. The molecule has 1 heterocycles. The van der Waals surface area contributed by atoms with Crippen molar-refractivity contribution in [2.24, 2.45) is 0 Å². The Balaban J connectivity index is 2.22. The maximum Gasteiger partial charge on any atom is 0.416 e. The van der Waals surface area contributed by atoms with Crippen molar-refractivity contribution in [1.82, 2.24) is 10.2 Å². The summed E-state index contributed by atoms with van der Waals surface area (Å²) in [6.07, 6.45) is -3.06. The third-order valence-corrected chi connectivity index (χ3v) is 2.81. The van der Waals surface area contributed by atoms with Crippen LogP contribution in [0.1, 0.15) is 34.5 Å². The topological polar surface area (TPSA) is 52.1 Å². The van der Waals surface area contributed by atoms with Crippen LogP contribution < -0.4 is 0 Å². The molecule has 0 unspecified atom stereocenters. The maximum atomic E-state index is 12.9. The van der Waals surface area contributed by atoms with Crippen LogP contribution in [0.3, 0.4) is 0 Å². The molecule has 0 saturated carbocycles. The van der Waals surface area contributed by atoms with E-state index < -0.39 is 23.8 Å². The Hall–Kier alpha value is -2.44. The van der Waals surface area contributed by atoms with E-state index in [-0.39, 0.29) is 11.1 Å². The van der Waals surface area contributed by atoms with Crippen molar-refractivity contribution in [3.8, 4) is 0 Å². The molecule has 7 heteroatoms. The quantitative estimate of drug-likeness (QED) is 0.814. The fraction of sp³-hybridized carbons (Fsp3) is 0.214. The molecule has 2 rings (SSSR count). The minimum atomic E-state index is -4.50. The van der Waals surface area contributed by atoms with Crippen molar-refractivity contribution >= 4 is 5.97 Å². The first kappa shape index (κ1) is 15.0. The zero-order valence-electron chi connectivity index (χ0n) is 11.0. The van der Waals surface area contributed by atoms with Gasteiger partial charge < -0.3 is 4.74 Å². The lowest BCUT2D eigenvalue weighted by Crippen LogP contribution is -2.15. The highest BCUT2D eigenvalue weighted by Crippen LogP contribution is 2.35. The lowest BCUT2D eigenvalue weighted by Gasteiger charge is -2.18. The van der Waals surface area contributed by atoms with Crippen LogP contribution in [0.2, 0.25) is 0 Å². The summed E-state index contributed by atoms with van der Waals surface area (Å²) in [6.45, 7) is 1.39. The molecule has 110 valence electrons. The first-order valence-electron chi connectivity index (χ1n) is 6.03. The second kappa shape index (κ2) is 5.90. The smallest absolute Gasteiger partial charge is 0.416 e. The highest BCUT2D eigenvalue weighted by atomic mass is 19.4. The molecule has 0 saturated heterocycles. The Labute approximate surface area is 118 Å². The minimum absolute atomic E-state index is 0.0969. The van der Waals surface area contributed by atoms with Crippen LogP contribution in [-0.4, -0.2) is 16.2 Å². The second-order valence-corrected chi connectivity index (χ2v) is 4.26. The molecule has 0 amide bonds. The summed E-state index contributed by atoms with van der Waals surface area (Å²) >= 11 is 0. The molecule has 0 aliphatic rings. The predicted molar refractivity (Wildman–Crippen MR) is 67.3 cm³/mol. The molecule has 0 radical (unpaired) electrons. The number of esters is 1. The van der Waals surface area contributed by atoms with Gasteiger partial charge >= 0.3 is 12.1 Å². The van der Waals surface area contributed by atoms with Crippen LogP contribution in [0, 0.1) is 0 Å². The zero-order valence-corrected chi connectivity index (χ0v) is 11.0. The number of hydrogen-bond acceptors (Lipinski definition) is 4. The van der Waals surface area contributed by atoms with Gasteiger partial charge in [-0.15, -0.1) is 0 Å². The summed E-state index contributed by atoms with van der Waals surface area (Å²) in [6, 6.07) is 6.35. The summed E-state index contributed by atoms with van der Waals surface area (Å²) in [5, 5.41) is 7.02. The van der Waals surface area contributed by atoms with Crippen molar-refractivity contribution in [2.45, 2.75) is 19.2 Å². The van der Waals surface area contributed by atoms with Gasteiger partial charge in [-0.2, -0.15) is 23.4 Å². The van der Waals surface area contributed by atoms with E-state index >= 15 is 0 Å². The summed E-state index contributed by atoms with van der Waals surface area (Å²) in [5.41, 5.74) is -0.792. The van der Waals surface area contributed by atoms with Crippen molar-refractivity contribution < 1.29 is 22.7 Å². The van der Waals surface area contributed by atoms with E-state index in [0.29, 0.717) is 0 Å². The van der Waals surface area contributed by atoms with Crippen LogP contribution in [0.4, 0.5) is 13.2 Å². The fourth-order valence-electron chi connectivity index (χ4n) is 1.81. The van der Waals surface area contributed by atoms with Crippen LogP contribution in [0.5, 0.6) is 0 Å². The summed E-state index contributed by atoms with van der Waals surface area (Å²) < 4.78 is 43.8. The molecule has 1 aromatic carbocycles. The predicted octanol–water partition coefficient (Wildman–Crippen LogP) is 3.41. The van der Waals surface area contributed by atoms with Crippen molar-refractivity contribution in [3.05, 3.63) is 59.4 Å². The monoisotopic (exact) mass is 296 g/mol. The molecule has 21 heavy (non-hydrogen) atoms. The average molecular weight is 296 g/mol. The van der Waals surface area contributed by atoms with Gasteiger partial charge in [0.2, 0.25) is 0 Å². The van der Waals surface area contributed by atoms with Gasteiger partial charge in [0.1, 0.15) is 6.10 Å². The molecular weight excluding hydrogens is 285 g/mol. The Morgan fingerprint density at radius 2 is 1.90 bits per heavy atom. The zero-order chi connectivity index (χ0) is 15.5. The van der Waals surface area contributed by atoms with E-state index in [4.69, 9.17) is 4.74 Å². The normalized spacial score (nSPS) is 12.8. The molecule has 0 bridgehead atoms. The molecule has 2 aromatic rings. The number of nitrogens with zero attached hydrogens (tertiary/aromatic N) is 2. The van der Waals surface area contributed by atoms with Gasteiger partial charge in [0, 0.05) is 5.56 Å². The molecule has 0 N–H and O–H groups in total. The van der Waals surface area contributed by atoms with Crippen molar-refractivity contribution in [1.29, 1.82) is 0 Å². The maximum absolute atomic E-state index is 12.9. The lowest BCUT2D eigenvalue weighted by molar-refractivity contribution is -0.139. The summed E-state index contributed by atoms with van der Waals surface area (Å²) in [7, 11) is 0. The van der Waals surface area contributed by atoms with Crippen LogP contribution >= 0.6 is 0 Å². The number of benzene rings is 1. The largest absolute Gasteiger partial charge is 0.454 e. The van der Waals surface area contributed by atoms with Gasteiger partial charge in [-0.05, 0) is 19.1 Å². The molecule has 1 aromatic heterocycles. The lowest BCUT2D eigenvalue weighted by atomic mass is 10.0. The van der Waals surface area contributed by atoms with E-state index in [1.807, 2.05) is 0 Å². The van der Waals surface area contributed by atoms with Crippen LogP contribution in [0.15, 0.2) is 42.7 Å². The Kier molecular flexibility index (Phi) is 4.21. The van der Waals surface area contributed by atoms with Crippen LogP contribution in [-0.2, 0) is 10.9 Å². The van der Waals surface area contributed by atoms with Gasteiger partial charge in [0.25, 0.3) is 0 Å². The SMILES string of the molecule is C[C@H](OC(=O)c1ccnnc1)c1ccccc1C(F)(F)F. The van der Waals surface area contributed by atoms with Crippen molar-refractivity contribution in [3.63, 3.8) is 0 Å². The molecule has 4 nitrogen and oxygen atoms in total. The van der Waals surface area contributed by atoms with Crippen molar-refractivity contribution in [2.75, 3.05) is 0 Å². The Morgan fingerprint density at radius 1 is 1.19 bits per heavy atom. The number of halogens is 3. The second-order valence-electron chi connectivity index (χ2n) is 4.26. The number of rotatable bonds is 3. The van der Waals surface area contributed by atoms with E-state index in [9.17, 15) is 18.0 Å². The Bertz CT molecular complexity index is 630. The van der Waals surface area contributed by atoms with E-state index in [2.05, 4.69) is 10.2 Å². The van der Waals surface area contributed by atoms with Gasteiger partial charge in [0.15, 0.2) is 0 Å². The van der Waals surface area contributed by atoms with Gasteiger partial charge in [-0.3, -0.25) is 0 Å². The molecule has 0 aliphatic carbocycles. The highest BCUT2D eigenvalue weighted by Gasteiger charge is 2.34. The molecule has 1 atom stereocenters. The number of ether oxygens (including phenoxy) is 1. The Morgan fingerprint density at radius 3 is 2.52 bits per heavy atom. The average Bonchev–Trinajstić information content (AvgIpc) is 2.47. The van der Waals surface area contributed by atoms with E-state index in [1.165, 1.54) is 43.6 Å². The van der Waals surface area contributed by atoms with Gasteiger partial charge in [-0.25, -0.2) is 4.79 Å². The van der Waals surface area contributed by atoms with Crippen LogP contribution in [0.25, 0.3) is 0 Å². The first-order chi connectivity index (χ1) is 9.89. The summed E-state index contributed by atoms with van der Waals surface area (Å²) in [5.74, 6) is -0.755. The molecule has 0 aliphatic heterocycles. The summed E-state index contributed by atoms with van der Waals surface area (Å²) in [4.78, 5) is 11.8. The number of aromatic nitrogens is 2. The van der Waals surface area contributed by atoms with E-state index in [0.717, 1.165) is 6.07 Å². The standard InChI is InChI=1S/C14H11F3N2O2/c1-9(21-13(20)10-6-7-18-19-8-10)11-4-2-3-5-12(11)14(15,16)17/h2-9H,1H3/t9-/m0/s1. The fourth-order valence-corrected chi connectivity index (χ4v) is 1.81. The molecule has 0 fully saturated rings. The minimum Gasteiger partial charge on any atom is -0.454 e. The first-order valence-corrected chi connectivity index (χ1v) is 6.03. The number of carbonyl (C=O) groups excluding carboxylic acids is 1. The number of carbonyl (C=O) groups is 1. The molecule has 0 spiro atoms. The van der Waals surface area contributed by atoms with E-state index in [1.54, 1.807) is 0 Å². The third kappa shape index (κ3) is 3.56. The van der Waals surface area contributed by atoms with Gasteiger partial charge in [0.05, 0.1) is 23.5 Å².